The molecule has 0 spiro atoms. The molecule has 2 aromatic carbocycles. The van der Waals surface area contributed by atoms with Gasteiger partial charge in [-0.15, -0.1) is 11.8 Å². The Morgan fingerprint density at radius 1 is 1.10 bits per heavy atom. The molecular formula is C24H23FN4OS. The number of imidazole rings is 1. The number of aromatic nitrogens is 3. The number of rotatable bonds is 7. The van der Waals surface area contributed by atoms with Crippen molar-refractivity contribution in [3.8, 4) is 0 Å². The Labute approximate surface area is 184 Å². The number of aryl methyl sites for hydroxylation is 1. The third kappa shape index (κ3) is 4.61. The summed E-state index contributed by atoms with van der Waals surface area (Å²) in [4.78, 5) is 24.0. The van der Waals surface area contributed by atoms with E-state index >= 15 is 0 Å². The number of hydrogen-bond acceptors (Lipinski definition) is 4. The highest BCUT2D eigenvalue weighted by molar-refractivity contribution is 7.98. The Morgan fingerprint density at radius 2 is 1.87 bits per heavy atom. The Hall–Kier alpha value is -3.19. The minimum Gasteiger partial charge on any atom is -0.334 e. The van der Waals surface area contributed by atoms with Crippen molar-refractivity contribution in [1.29, 1.82) is 0 Å². The standard InChI is InChI=1S/C24H23FN4OS/c1-3-29-21-9-5-4-8-20(21)27-22(29)15-28(2)24(30)19-7-6-14-26-23(19)31-16-17-10-12-18(25)13-11-17/h4-14H,3,15-16H2,1-2H3. The highest BCUT2D eigenvalue weighted by Gasteiger charge is 2.20. The molecule has 158 valence electrons. The molecule has 4 rings (SSSR count). The topological polar surface area (TPSA) is 51.0 Å². The highest BCUT2D eigenvalue weighted by Crippen LogP contribution is 2.26. The summed E-state index contributed by atoms with van der Waals surface area (Å²) in [5, 5.41) is 0.660. The number of nitrogens with zero attached hydrogens (tertiary/aromatic N) is 4. The van der Waals surface area contributed by atoms with Crippen LogP contribution >= 0.6 is 11.8 Å². The third-order valence-corrected chi connectivity index (χ3v) is 6.14. The fraction of sp³-hybridized carbons (Fsp3) is 0.208. The largest absolute Gasteiger partial charge is 0.334 e. The molecule has 0 N–H and O–H groups in total. The number of benzene rings is 2. The first-order valence-electron chi connectivity index (χ1n) is 10.1. The summed E-state index contributed by atoms with van der Waals surface area (Å²) in [6.07, 6.45) is 1.68. The Balaban J connectivity index is 1.52. The number of amides is 1. The fourth-order valence-electron chi connectivity index (χ4n) is 3.49. The van der Waals surface area contributed by atoms with Gasteiger partial charge in [0.05, 0.1) is 23.1 Å². The van der Waals surface area contributed by atoms with Gasteiger partial charge in [0.15, 0.2) is 0 Å². The molecule has 7 heteroatoms. The minimum absolute atomic E-state index is 0.107. The number of carbonyl (C=O) groups is 1. The molecular weight excluding hydrogens is 411 g/mol. The molecule has 4 aromatic rings. The number of carbonyl (C=O) groups excluding carboxylic acids is 1. The van der Waals surface area contributed by atoms with Crippen molar-refractivity contribution in [2.45, 2.75) is 30.8 Å². The summed E-state index contributed by atoms with van der Waals surface area (Å²) < 4.78 is 15.3. The molecule has 0 fully saturated rings. The lowest BCUT2D eigenvalue weighted by Crippen LogP contribution is -2.28. The first kappa shape index (κ1) is 21.1. The van der Waals surface area contributed by atoms with Gasteiger partial charge in [-0.3, -0.25) is 4.79 Å². The second kappa shape index (κ2) is 9.31. The zero-order chi connectivity index (χ0) is 21.8. The van der Waals surface area contributed by atoms with Crippen molar-refractivity contribution in [2.24, 2.45) is 0 Å². The van der Waals surface area contributed by atoms with E-state index in [-0.39, 0.29) is 11.7 Å². The van der Waals surface area contributed by atoms with Crippen molar-refractivity contribution in [1.82, 2.24) is 19.4 Å². The summed E-state index contributed by atoms with van der Waals surface area (Å²) in [7, 11) is 1.78. The number of pyridine rings is 1. The Kier molecular flexibility index (Phi) is 6.32. The van der Waals surface area contributed by atoms with Gasteiger partial charge in [0.2, 0.25) is 0 Å². The second-order valence-corrected chi connectivity index (χ2v) is 8.16. The Bertz CT molecular complexity index is 1210. The van der Waals surface area contributed by atoms with Crippen LogP contribution in [0.1, 0.15) is 28.7 Å². The van der Waals surface area contributed by atoms with Crippen LogP contribution in [0, 0.1) is 5.82 Å². The van der Waals surface area contributed by atoms with Crippen molar-refractivity contribution < 1.29 is 9.18 Å². The predicted octanol–water partition coefficient (Wildman–Crippen LogP) is 5.15. The average Bonchev–Trinajstić information content (AvgIpc) is 3.15. The SMILES string of the molecule is CCn1c(CN(C)C(=O)c2cccnc2SCc2ccc(F)cc2)nc2ccccc21. The zero-order valence-corrected chi connectivity index (χ0v) is 18.3. The summed E-state index contributed by atoms with van der Waals surface area (Å²) in [6.45, 7) is 3.26. The van der Waals surface area contributed by atoms with E-state index < -0.39 is 0 Å². The van der Waals surface area contributed by atoms with E-state index in [0.29, 0.717) is 22.9 Å². The minimum atomic E-state index is -0.262. The number of hydrogen-bond donors (Lipinski definition) is 0. The predicted molar refractivity (Wildman–Crippen MR) is 121 cm³/mol. The van der Waals surface area contributed by atoms with Gasteiger partial charge in [-0.2, -0.15) is 0 Å². The van der Waals surface area contributed by atoms with Crippen LogP contribution in [-0.2, 0) is 18.8 Å². The molecule has 0 atom stereocenters. The van der Waals surface area contributed by atoms with Crippen molar-refractivity contribution in [3.05, 3.63) is 89.6 Å². The maximum atomic E-state index is 13.2. The van der Waals surface area contributed by atoms with Gasteiger partial charge in [-0.1, -0.05) is 24.3 Å². The van der Waals surface area contributed by atoms with Crippen molar-refractivity contribution in [3.63, 3.8) is 0 Å². The molecule has 0 unspecified atom stereocenters. The summed E-state index contributed by atoms with van der Waals surface area (Å²) >= 11 is 1.47. The molecule has 0 aliphatic heterocycles. The van der Waals surface area contributed by atoms with Crippen LogP contribution in [-0.4, -0.2) is 32.4 Å². The van der Waals surface area contributed by atoms with E-state index in [9.17, 15) is 9.18 Å². The van der Waals surface area contributed by atoms with E-state index in [1.54, 1.807) is 42.4 Å². The van der Waals surface area contributed by atoms with Crippen LogP contribution in [0.4, 0.5) is 4.39 Å². The molecule has 0 saturated carbocycles. The van der Waals surface area contributed by atoms with Gasteiger partial charge in [0.25, 0.3) is 5.91 Å². The van der Waals surface area contributed by atoms with E-state index in [1.165, 1.54) is 23.9 Å². The molecule has 0 aliphatic rings. The first-order valence-corrected chi connectivity index (χ1v) is 11.1. The van der Waals surface area contributed by atoms with Gasteiger partial charge in [-0.05, 0) is 48.9 Å². The van der Waals surface area contributed by atoms with Crippen LogP contribution in [0.3, 0.4) is 0 Å². The maximum absolute atomic E-state index is 13.2. The van der Waals surface area contributed by atoms with Crippen LogP contribution < -0.4 is 0 Å². The lowest BCUT2D eigenvalue weighted by molar-refractivity contribution is 0.0776. The molecule has 31 heavy (non-hydrogen) atoms. The lowest BCUT2D eigenvalue weighted by atomic mass is 10.2. The molecule has 1 amide bonds. The van der Waals surface area contributed by atoms with Gasteiger partial charge in [-0.25, -0.2) is 14.4 Å². The fourth-order valence-corrected chi connectivity index (χ4v) is 4.43. The lowest BCUT2D eigenvalue weighted by Gasteiger charge is -2.19. The van der Waals surface area contributed by atoms with Gasteiger partial charge >= 0.3 is 0 Å². The van der Waals surface area contributed by atoms with Crippen LogP contribution in [0.15, 0.2) is 71.9 Å². The van der Waals surface area contributed by atoms with Crippen LogP contribution in [0.2, 0.25) is 0 Å². The summed E-state index contributed by atoms with van der Waals surface area (Å²) in [5.41, 5.74) is 3.52. The van der Waals surface area contributed by atoms with Crippen LogP contribution in [0.25, 0.3) is 11.0 Å². The number of halogens is 1. The maximum Gasteiger partial charge on any atom is 0.256 e. The average molecular weight is 435 g/mol. The number of thioether (sulfide) groups is 1. The van der Waals surface area contributed by atoms with Crippen molar-refractivity contribution in [2.75, 3.05) is 7.05 Å². The molecule has 0 aliphatic carbocycles. The van der Waals surface area contributed by atoms with E-state index in [4.69, 9.17) is 4.98 Å². The number of para-hydroxylation sites is 2. The molecule has 0 radical (unpaired) electrons. The molecule has 2 aromatic heterocycles. The monoisotopic (exact) mass is 434 g/mol. The molecule has 0 bridgehead atoms. The first-order chi connectivity index (χ1) is 15.1. The van der Waals surface area contributed by atoms with Gasteiger partial charge in [0, 0.05) is 25.5 Å². The zero-order valence-electron chi connectivity index (χ0n) is 17.5. The molecule has 5 nitrogen and oxygen atoms in total. The summed E-state index contributed by atoms with van der Waals surface area (Å²) in [5.74, 6) is 1.09. The van der Waals surface area contributed by atoms with Crippen molar-refractivity contribution >= 4 is 28.7 Å². The van der Waals surface area contributed by atoms with E-state index in [2.05, 4.69) is 16.5 Å². The van der Waals surface area contributed by atoms with Gasteiger partial charge in [0.1, 0.15) is 16.7 Å². The van der Waals surface area contributed by atoms with Crippen LogP contribution in [0.5, 0.6) is 0 Å². The quantitative estimate of drug-likeness (QED) is 0.377. The third-order valence-electron chi connectivity index (χ3n) is 5.07. The summed E-state index contributed by atoms with van der Waals surface area (Å²) in [6, 6.07) is 17.9. The Morgan fingerprint density at radius 3 is 2.65 bits per heavy atom. The smallest absolute Gasteiger partial charge is 0.256 e. The molecule has 2 heterocycles. The van der Waals surface area contributed by atoms with E-state index in [1.807, 2.05) is 24.3 Å². The molecule has 0 saturated heterocycles. The van der Waals surface area contributed by atoms with E-state index in [0.717, 1.165) is 29.0 Å². The van der Waals surface area contributed by atoms with Gasteiger partial charge < -0.3 is 9.47 Å². The highest BCUT2D eigenvalue weighted by atomic mass is 32.2. The second-order valence-electron chi connectivity index (χ2n) is 7.19. The normalized spacial score (nSPS) is 11.1. The number of fused-ring (bicyclic) bond motifs is 1.